The average Bonchev–Trinajstić information content (AvgIpc) is 2.02. The Morgan fingerprint density at radius 3 is 1.67 bits per heavy atom. The van der Waals surface area contributed by atoms with Crippen LogP contribution in [0.15, 0.2) is 0 Å². The Labute approximate surface area is 83.7 Å². The molecule has 4 bridgehead atoms. The zero-order valence-electron chi connectivity index (χ0n) is 7.29. The third kappa shape index (κ3) is 1.07. The van der Waals surface area contributed by atoms with Gasteiger partial charge in [-0.15, -0.1) is 0 Å². The van der Waals surface area contributed by atoms with Crippen LogP contribution < -0.4 is 0 Å². The molecule has 0 aromatic rings. The van der Waals surface area contributed by atoms with Gasteiger partial charge in [0, 0.05) is 4.75 Å². The molecule has 0 heterocycles. The fraction of sp³-hybridized carbons (Fsp3) is 1.00. The quantitative estimate of drug-likeness (QED) is 0.579. The molecule has 0 aromatic heterocycles. The minimum Gasteiger partial charge on any atom is -0.0748 e. The molecule has 0 nitrogen and oxygen atoms in total. The van der Waals surface area contributed by atoms with Crippen molar-refractivity contribution in [2.45, 2.75) is 43.3 Å². The van der Waals surface area contributed by atoms with Gasteiger partial charge in [0.25, 0.3) is 0 Å². The molecule has 4 fully saturated rings. The van der Waals surface area contributed by atoms with E-state index < -0.39 is 0 Å². The van der Waals surface area contributed by atoms with Crippen molar-refractivity contribution in [2.75, 3.05) is 0 Å². The van der Waals surface area contributed by atoms with Crippen molar-refractivity contribution >= 4 is 22.5 Å². The van der Waals surface area contributed by atoms with E-state index in [4.69, 9.17) is 11.7 Å². The van der Waals surface area contributed by atoms with Crippen molar-refractivity contribution in [3.05, 3.63) is 0 Å². The smallest absolute Gasteiger partial charge is 0.0280 e. The van der Waals surface area contributed by atoms with E-state index in [2.05, 4.69) is 0 Å². The summed E-state index contributed by atoms with van der Waals surface area (Å²) in [4.78, 5) is 0. The van der Waals surface area contributed by atoms with Crippen LogP contribution in [0.5, 0.6) is 0 Å². The Hall–Kier alpha value is 0.700. The summed E-state index contributed by atoms with van der Waals surface area (Å²) in [5.41, 5.74) is 0. The van der Waals surface area contributed by atoms with Crippen molar-refractivity contribution in [3.63, 3.8) is 0 Å². The zero-order chi connectivity index (χ0) is 8.18. The van der Waals surface area contributed by atoms with Crippen molar-refractivity contribution < 1.29 is 0 Å². The molecule has 1 radical (unpaired) electrons. The topological polar surface area (TPSA) is 0 Å². The molecule has 12 heavy (non-hydrogen) atoms. The fourth-order valence-corrected chi connectivity index (χ4v) is 5.66. The van der Waals surface area contributed by atoms with Crippen LogP contribution in [0, 0.1) is 17.8 Å². The molecule has 4 aliphatic carbocycles. The van der Waals surface area contributed by atoms with Crippen LogP contribution in [0.2, 0.25) is 0 Å². The Morgan fingerprint density at radius 2 is 1.33 bits per heavy atom. The van der Waals surface area contributed by atoms with Gasteiger partial charge in [0.15, 0.2) is 0 Å². The molecular weight excluding hydrogens is 184 g/mol. The van der Waals surface area contributed by atoms with E-state index in [1.807, 2.05) is 0 Å². The van der Waals surface area contributed by atoms with Gasteiger partial charge in [-0.25, -0.2) is 0 Å². The summed E-state index contributed by atoms with van der Waals surface area (Å²) < 4.78 is 0.573. The van der Waals surface area contributed by atoms with Crippen molar-refractivity contribution in [1.29, 1.82) is 0 Å². The van der Waals surface area contributed by atoms with E-state index in [1.54, 1.807) is 10.8 Å². The molecule has 0 unspecified atom stereocenters. The SMILES string of the molecule is [S]SC12CC3CC(CC(C3)C1)C2. The second-order valence-corrected chi connectivity index (χ2v) is 6.72. The summed E-state index contributed by atoms with van der Waals surface area (Å²) in [6.07, 6.45) is 8.97. The highest BCUT2D eigenvalue weighted by Crippen LogP contribution is 2.61. The van der Waals surface area contributed by atoms with E-state index in [0.29, 0.717) is 4.75 Å². The first-order chi connectivity index (χ1) is 5.80. The summed E-state index contributed by atoms with van der Waals surface area (Å²) in [6, 6.07) is 0. The summed E-state index contributed by atoms with van der Waals surface area (Å²) in [6.45, 7) is 0. The third-order valence-electron chi connectivity index (χ3n) is 4.16. The summed E-state index contributed by atoms with van der Waals surface area (Å²) in [5.74, 6) is 3.19. The second-order valence-electron chi connectivity index (χ2n) is 5.18. The van der Waals surface area contributed by atoms with Gasteiger partial charge in [0.2, 0.25) is 0 Å². The molecule has 0 aromatic carbocycles. The molecule has 4 aliphatic rings. The van der Waals surface area contributed by atoms with Crippen molar-refractivity contribution in [2.24, 2.45) is 17.8 Å². The maximum atomic E-state index is 5.26. The van der Waals surface area contributed by atoms with Crippen LogP contribution in [0.4, 0.5) is 0 Å². The minimum absolute atomic E-state index is 0.573. The summed E-state index contributed by atoms with van der Waals surface area (Å²) in [7, 11) is 1.77. The number of rotatable bonds is 1. The predicted octanol–water partition coefficient (Wildman–Crippen LogP) is 3.80. The van der Waals surface area contributed by atoms with E-state index in [9.17, 15) is 0 Å². The average molecular weight is 199 g/mol. The van der Waals surface area contributed by atoms with E-state index >= 15 is 0 Å². The Bertz CT molecular complexity index is 165. The van der Waals surface area contributed by atoms with Crippen LogP contribution in [0.1, 0.15) is 38.5 Å². The number of hydrogen-bond acceptors (Lipinski definition) is 1. The maximum absolute atomic E-state index is 5.26. The van der Waals surface area contributed by atoms with Crippen LogP contribution in [-0.2, 0) is 0 Å². The lowest BCUT2D eigenvalue weighted by Crippen LogP contribution is -2.47. The largest absolute Gasteiger partial charge is 0.0748 e. The molecular formula is C10H15S2. The standard InChI is InChI=1S/C10H15S2/c11-12-10-4-7-1-8(5-10)3-9(2-7)6-10/h7-9H,1-6H2. The van der Waals surface area contributed by atoms with Crippen LogP contribution in [0.3, 0.4) is 0 Å². The van der Waals surface area contributed by atoms with E-state index in [0.717, 1.165) is 17.8 Å². The van der Waals surface area contributed by atoms with Gasteiger partial charge < -0.3 is 0 Å². The maximum Gasteiger partial charge on any atom is 0.0280 e. The lowest BCUT2D eigenvalue weighted by atomic mass is 9.56. The fourth-order valence-electron chi connectivity index (χ4n) is 4.13. The van der Waals surface area contributed by atoms with E-state index in [-0.39, 0.29) is 0 Å². The molecule has 0 spiro atoms. The van der Waals surface area contributed by atoms with Gasteiger partial charge in [-0.05, 0) is 67.9 Å². The monoisotopic (exact) mass is 199 g/mol. The third-order valence-corrected chi connectivity index (χ3v) is 6.07. The zero-order valence-corrected chi connectivity index (χ0v) is 8.92. The van der Waals surface area contributed by atoms with Crippen molar-refractivity contribution in [1.82, 2.24) is 0 Å². The van der Waals surface area contributed by atoms with Crippen molar-refractivity contribution in [3.8, 4) is 0 Å². The first-order valence-corrected chi connectivity index (χ1v) is 6.85. The van der Waals surface area contributed by atoms with Gasteiger partial charge in [0.05, 0.1) is 0 Å². The summed E-state index contributed by atoms with van der Waals surface area (Å²) >= 11 is 5.26. The highest BCUT2D eigenvalue weighted by molar-refractivity contribution is 8.69. The predicted molar refractivity (Wildman–Crippen MR) is 56.1 cm³/mol. The second kappa shape index (κ2) is 2.60. The molecule has 0 N–H and O–H groups in total. The lowest BCUT2D eigenvalue weighted by Gasteiger charge is -2.55. The first-order valence-electron chi connectivity index (χ1n) is 5.11. The highest BCUT2D eigenvalue weighted by atomic mass is 33.1. The lowest BCUT2D eigenvalue weighted by molar-refractivity contribution is 0.0390. The molecule has 0 aliphatic heterocycles. The Balaban J connectivity index is 1.90. The molecule has 0 atom stereocenters. The van der Waals surface area contributed by atoms with Gasteiger partial charge in [-0.2, -0.15) is 0 Å². The number of hydrogen-bond donors (Lipinski definition) is 0. The highest BCUT2D eigenvalue weighted by Gasteiger charge is 2.50. The normalized spacial score (nSPS) is 56.2. The molecule has 4 rings (SSSR count). The summed E-state index contributed by atoms with van der Waals surface area (Å²) in [5, 5.41) is 0. The van der Waals surface area contributed by atoms with Crippen LogP contribution in [-0.4, -0.2) is 4.75 Å². The van der Waals surface area contributed by atoms with Crippen LogP contribution >= 0.6 is 22.5 Å². The first kappa shape index (κ1) is 8.05. The van der Waals surface area contributed by atoms with Gasteiger partial charge in [0.1, 0.15) is 0 Å². The molecule has 2 heteroatoms. The van der Waals surface area contributed by atoms with Gasteiger partial charge >= 0.3 is 0 Å². The Kier molecular flexibility index (Phi) is 1.74. The Morgan fingerprint density at radius 1 is 0.917 bits per heavy atom. The molecule has 4 saturated carbocycles. The van der Waals surface area contributed by atoms with E-state index in [1.165, 1.54) is 38.5 Å². The van der Waals surface area contributed by atoms with Gasteiger partial charge in [-0.3, -0.25) is 0 Å². The molecule has 0 amide bonds. The van der Waals surface area contributed by atoms with Crippen LogP contribution in [0.25, 0.3) is 0 Å². The molecule has 0 saturated heterocycles. The molecule has 67 valence electrons. The minimum atomic E-state index is 0.573. The van der Waals surface area contributed by atoms with Gasteiger partial charge in [-0.1, -0.05) is 10.8 Å².